The molecule has 0 saturated heterocycles. The molecule has 134 valence electrons. The Morgan fingerprint density at radius 3 is 2.50 bits per heavy atom. The Morgan fingerprint density at radius 2 is 2.00 bits per heavy atom. The van der Waals surface area contributed by atoms with Crippen molar-refractivity contribution in [2.24, 2.45) is 0 Å². The molecule has 5 nitrogen and oxygen atoms in total. The zero-order valence-corrected chi connectivity index (χ0v) is 13.9. The summed E-state index contributed by atoms with van der Waals surface area (Å²) < 4.78 is 39.1. The summed E-state index contributed by atoms with van der Waals surface area (Å²) in [6.45, 7) is 3.19. The molecule has 1 amide bonds. The molecule has 2 N–H and O–H groups in total. The summed E-state index contributed by atoms with van der Waals surface area (Å²) in [4.78, 5) is 24.5. The molecule has 1 aromatic carbocycles. The first-order chi connectivity index (χ1) is 11.1. The highest BCUT2D eigenvalue weighted by Crippen LogP contribution is 2.36. The van der Waals surface area contributed by atoms with E-state index in [1.165, 1.54) is 17.9 Å². The van der Waals surface area contributed by atoms with Gasteiger partial charge in [0.05, 0.1) is 23.8 Å². The largest absolute Gasteiger partial charge is 0.480 e. The smallest absolute Gasteiger partial charge is 0.418 e. The standard InChI is InChI=1S/C15H18ClF3N2O3/c1-3-6-21(8-13(22)23)9(2)14(24)20-12-5-4-10(16)7-11(12)15(17,18)19/h4-5,7,9H,3,6,8H2,1-2H3,(H,20,24)(H,22,23). The number of hydrogen-bond acceptors (Lipinski definition) is 3. The van der Waals surface area contributed by atoms with Crippen molar-refractivity contribution < 1.29 is 27.9 Å². The Bertz CT molecular complexity index is 608. The van der Waals surface area contributed by atoms with Gasteiger partial charge in [-0.05, 0) is 38.1 Å². The maximum atomic E-state index is 13.0. The van der Waals surface area contributed by atoms with E-state index in [2.05, 4.69) is 5.32 Å². The number of halogens is 4. The third-order valence-electron chi connectivity index (χ3n) is 3.32. The van der Waals surface area contributed by atoms with Crippen molar-refractivity contribution in [2.45, 2.75) is 32.5 Å². The summed E-state index contributed by atoms with van der Waals surface area (Å²) in [5, 5.41) is 11.0. The topological polar surface area (TPSA) is 69.6 Å². The number of hydrogen-bond donors (Lipinski definition) is 2. The first-order valence-electron chi connectivity index (χ1n) is 7.19. The molecule has 1 unspecified atom stereocenters. The zero-order valence-electron chi connectivity index (χ0n) is 13.2. The highest BCUT2D eigenvalue weighted by atomic mass is 35.5. The lowest BCUT2D eigenvalue weighted by Gasteiger charge is -2.26. The second kappa shape index (κ2) is 8.34. The predicted molar refractivity (Wildman–Crippen MR) is 84.0 cm³/mol. The van der Waals surface area contributed by atoms with Gasteiger partial charge in [-0.25, -0.2) is 0 Å². The molecule has 0 spiro atoms. The van der Waals surface area contributed by atoms with Gasteiger partial charge in [0, 0.05) is 5.02 Å². The van der Waals surface area contributed by atoms with Crippen LogP contribution in [0, 0.1) is 0 Å². The summed E-state index contributed by atoms with van der Waals surface area (Å²) in [5.41, 5.74) is -1.48. The molecule has 0 aliphatic heterocycles. The van der Waals surface area contributed by atoms with Gasteiger partial charge in [0.1, 0.15) is 0 Å². The summed E-state index contributed by atoms with van der Waals surface area (Å²) in [6, 6.07) is 2.12. The molecule has 1 atom stereocenters. The van der Waals surface area contributed by atoms with Crippen molar-refractivity contribution in [3.8, 4) is 0 Å². The van der Waals surface area contributed by atoms with Crippen molar-refractivity contribution in [1.82, 2.24) is 4.90 Å². The summed E-state index contributed by atoms with van der Waals surface area (Å²) in [6.07, 6.45) is -4.08. The summed E-state index contributed by atoms with van der Waals surface area (Å²) in [5.74, 6) is -1.84. The zero-order chi connectivity index (χ0) is 18.5. The van der Waals surface area contributed by atoms with Crippen LogP contribution in [-0.4, -0.2) is 41.0 Å². The lowest BCUT2D eigenvalue weighted by Crippen LogP contribution is -2.45. The number of amides is 1. The fraction of sp³-hybridized carbons (Fsp3) is 0.467. The lowest BCUT2D eigenvalue weighted by molar-refractivity contribution is -0.139. The van der Waals surface area contributed by atoms with Crippen LogP contribution < -0.4 is 5.32 Å². The van der Waals surface area contributed by atoms with E-state index >= 15 is 0 Å². The van der Waals surface area contributed by atoms with Gasteiger partial charge in [0.15, 0.2) is 0 Å². The summed E-state index contributed by atoms with van der Waals surface area (Å²) in [7, 11) is 0. The SMILES string of the molecule is CCCN(CC(=O)O)C(C)C(=O)Nc1ccc(Cl)cc1C(F)(F)F. The Labute approximate surface area is 142 Å². The lowest BCUT2D eigenvalue weighted by atomic mass is 10.1. The van der Waals surface area contributed by atoms with Crippen LogP contribution >= 0.6 is 11.6 Å². The number of carbonyl (C=O) groups is 2. The van der Waals surface area contributed by atoms with Crippen LogP contribution in [0.5, 0.6) is 0 Å². The molecule has 24 heavy (non-hydrogen) atoms. The Morgan fingerprint density at radius 1 is 1.38 bits per heavy atom. The first-order valence-corrected chi connectivity index (χ1v) is 7.57. The van der Waals surface area contributed by atoms with Gasteiger partial charge in [-0.1, -0.05) is 18.5 Å². The van der Waals surface area contributed by atoms with E-state index in [1.807, 2.05) is 0 Å². The number of nitrogens with one attached hydrogen (secondary N) is 1. The van der Waals surface area contributed by atoms with Crippen LogP contribution in [-0.2, 0) is 15.8 Å². The number of benzene rings is 1. The van der Waals surface area contributed by atoms with E-state index in [4.69, 9.17) is 16.7 Å². The third-order valence-corrected chi connectivity index (χ3v) is 3.56. The van der Waals surface area contributed by atoms with Crippen LogP contribution in [0.15, 0.2) is 18.2 Å². The van der Waals surface area contributed by atoms with E-state index in [0.717, 1.165) is 12.1 Å². The Hall–Kier alpha value is -1.80. The minimum atomic E-state index is -4.68. The van der Waals surface area contributed by atoms with E-state index in [9.17, 15) is 22.8 Å². The van der Waals surface area contributed by atoms with Gasteiger partial charge in [0.2, 0.25) is 5.91 Å². The Balaban J connectivity index is 2.99. The highest BCUT2D eigenvalue weighted by Gasteiger charge is 2.35. The van der Waals surface area contributed by atoms with E-state index in [0.29, 0.717) is 13.0 Å². The van der Waals surface area contributed by atoms with E-state index in [1.54, 1.807) is 6.92 Å². The number of anilines is 1. The fourth-order valence-electron chi connectivity index (χ4n) is 2.13. The molecule has 0 saturated carbocycles. The van der Waals surface area contributed by atoms with Gasteiger partial charge >= 0.3 is 12.1 Å². The third kappa shape index (κ3) is 5.68. The van der Waals surface area contributed by atoms with Gasteiger partial charge in [-0.15, -0.1) is 0 Å². The van der Waals surface area contributed by atoms with Crippen LogP contribution in [0.25, 0.3) is 0 Å². The van der Waals surface area contributed by atoms with Gasteiger partial charge in [0.25, 0.3) is 0 Å². The van der Waals surface area contributed by atoms with E-state index in [-0.39, 0.29) is 11.6 Å². The minimum Gasteiger partial charge on any atom is -0.480 e. The molecule has 0 fully saturated rings. The van der Waals surface area contributed by atoms with Crippen LogP contribution in [0.2, 0.25) is 5.02 Å². The number of rotatable bonds is 7. The fourth-order valence-corrected chi connectivity index (χ4v) is 2.31. The van der Waals surface area contributed by atoms with E-state index < -0.39 is 35.3 Å². The maximum absolute atomic E-state index is 13.0. The number of aliphatic carboxylic acids is 1. The van der Waals surface area contributed by atoms with Crippen molar-refractivity contribution in [1.29, 1.82) is 0 Å². The molecule has 0 aliphatic carbocycles. The van der Waals surface area contributed by atoms with Crippen molar-refractivity contribution in [3.63, 3.8) is 0 Å². The van der Waals surface area contributed by atoms with Gasteiger partial charge in [-0.2, -0.15) is 13.2 Å². The number of carboxylic acids is 1. The molecule has 1 rings (SSSR count). The predicted octanol–water partition coefficient (Wildman–Crippen LogP) is 3.48. The van der Waals surface area contributed by atoms with Crippen molar-refractivity contribution in [2.75, 3.05) is 18.4 Å². The summed E-state index contributed by atoms with van der Waals surface area (Å²) >= 11 is 5.58. The van der Waals surface area contributed by atoms with Crippen LogP contribution in [0.1, 0.15) is 25.8 Å². The Kier molecular flexibility index (Phi) is 7.04. The first kappa shape index (κ1) is 20.2. The van der Waals surface area contributed by atoms with Gasteiger partial charge in [-0.3, -0.25) is 14.5 Å². The van der Waals surface area contributed by atoms with Crippen LogP contribution in [0.3, 0.4) is 0 Å². The second-order valence-corrected chi connectivity index (χ2v) is 5.65. The minimum absolute atomic E-state index is 0.105. The average Bonchev–Trinajstić information content (AvgIpc) is 2.46. The number of nitrogens with zero attached hydrogens (tertiary/aromatic N) is 1. The highest BCUT2D eigenvalue weighted by molar-refractivity contribution is 6.30. The number of alkyl halides is 3. The van der Waals surface area contributed by atoms with Crippen molar-refractivity contribution in [3.05, 3.63) is 28.8 Å². The van der Waals surface area contributed by atoms with Gasteiger partial charge < -0.3 is 10.4 Å². The molecule has 0 aliphatic rings. The molecule has 0 bridgehead atoms. The molecule has 0 heterocycles. The normalized spacial score (nSPS) is 13.0. The molecule has 0 radical (unpaired) electrons. The molecule has 0 aromatic heterocycles. The molecule has 9 heteroatoms. The van der Waals surface area contributed by atoms with Crippen molar-refractivity contribution >= 4 is 29.2 Å². The average molecular weight is 367 g/mol. The maximum Gasteiger partial charge on any atom is 0.418 e. The molecular formula is C15H18ClF3N2O3. The second-order valence-electron chi connectivity index (χ2n) is 5.22. The molecular weight excluding hydrogens is 349 g/mol. The van der Waals surface area contributed by atoms with Crippen LogP contribution in [0.4, 0.5) is 18.9 Å². The number of carbonyl (C=O) groups excluding carboxylic acids is 1. The molecule has 1 aromatic rings. The quantitative estimate of drug-likeness (QED) is 0.775. The monoisotopic (exact) mass is 366 g/mol. The number of carboxylic acid groups (broad SMARTS) is 1.